The lowest BCUT2D eigenvalue weighted by atomic mass is 10.1. The van der Waals surface area contributed by atoms with Crippen molar-refractivity contribution in [2.24, 2.45) is 0 Å². The molecule has 104 valence electrons. The van der Waals surface area contributed by atoms with Crippen LogP contribution in [0.5, 0.6) is 5.75 Å². The van der Waals surface area contributed by atoms with Crippen molar-refractivity contribution in [3.63, 3.8) is 0 Å². The highest BCUT2D eigenvalue weighted by molar-refractivity contribution is 7.85. The van der Waals surface area contributed by atoms with Gasteiger partial charge in [-0.15, -0.1) is 0 Å². The maximum absolute atomic E-state index is 11.7. The van der Waals surface area contributed by atoms with E-state index in [1.165, 1.54) is 12.1 Å². The van der Waals surface area contributed by atoms with Crippen LogP contribution < -0.4 is 4.74 Å². The molecule has 0 spiro atoms. The van der Waals surface area contributed by atoms with Gasteiger partial charge in [0.25, 0.3) is 10.1 Å². The Morgan fingerprint density at radius 1 is 1.28 bits per heavy atom. The van der Waals surface area contributed by atoms with Gasteiger partial charge in [0.2, 0.25) is 0 Å². The van der Waals surface area contributed by atoms with E-state index >= 15 is 0 Å². The van der Waals surface area contributed by atoms with Gasteiger partial charge in [0.15, 0.2) is 0 Å². The number of alkyl halides is 2. The van der Waals surface area contributed by atoms with Gasteiger partial charge in [-0.2, -0.15) is 17.2 Å². The molecule has 0 heterocycles. The highest BCUT2D eigenvalue weighted by Crippen LogP contribution is 2.14. The largest absolute Gasteiger partial charge is 0.435 e. The predicted octanol–water partition coefficient (Wildman–Crippen LogP) is 1.33. The highest BCUT2D eigenvalue weighted by atomic mass is 32.2. The molecular weight excluding hydrogens is 270 g/mol. The van der Waals surface area contributed by atoms with Gasteiger partial charge in [0.05, 0.1) is 6.26 Å². The molecule has 5 nitrogen and oxygen atoms in total. The third-order valence-electron chi connectivity index (χ3n) is 1.55. The average Bonchev–Trinajstić information content (AvgIpc) is 2.18. The van der Waals surface area contributed by atoms with E-state index in [0.717, 1.165) is 5.56 Å². The second kappa shape index (κ2) is 7.96. The molecular formula is C10H14F2O5S. The number of aliphatic hydroxyl groups excluding tert-OH is 1. The fourth-order valence-electron chi connectivity index (χ4n) is 0.967. The summed E-state index contributed by atoms with van der Waals surface area (Å²) >= 11 is 0. The standard InChI is InChI=1S/C9H10F2O2.CH4O3S/c10-9(11)13-8-3-1-7(2-4-8)5-6-12;1-5(2,3)4/h1-4,9,12H,5-6H2;1H3,(H,2,3,4). The Hall–Kier alpha value is -1.25. The molecule has 1 rings (SSSR count). The van der Waals surface area contributed by atoms with Crippen LogP contribution in [0, 0.1) is 0 Å². The van der Waals surface area contributed by atoms with E-state index in [4.69, 9.17) is 9.66 Å². The van der Waals surface area contributed by atoms with Crippen molar-refractivity contribution in [1.82, 2.24) is 0 Å². The summed E-state index contributed by atoms with van der Waals surface area (Å²) in [6.07, 6.45) is 1.24. The quantitative estimate of drug-likeness (QED) is 0.815. The van der Waals surface area contributed by atoms with Crippen LogP contribution >= 0.6 is 0 Å². The summed E-state index contributed by atoms with van der Waals surface area (Å²) in [5, 5.41) is 8.58. The van der Waals surface area contributed by atoms with Crippen LogP contribution in [0.25, 0.3) is 0 Å². The molecule has 0 unspecified atom stereocenters. The second-order valence-electron chi connectivity index (χ2n) is 3.23. The summed E-state index contributed by atoms with van der Waals surface area (Å²) in [6.45, 7) is -2.74. The third kappa shape index (κ3) is 11.2. The van der Waals surface area contributed by atoms with Gasteiger partial charge in [0, 0.05) is 6.61 Å². The summed E-state index contributed by atoms with van der Waals surface area (Å²) in [7, 11) is -3.67. The minimum absolute atomic E-state index is 0.0506. The molecule has 0 aromatic heterocycles. The molecule has 18 heavy (non-hydrogen) atoms. The van der Waals surface area contributed by atoms with Crippen molar-refractivity contribution in [1.29, 1.82) is 0 Å². The first-order valence-electron chi connectivity index (χ1n) is 4.79. The van der Waals surface area contributed by atoms with Gasteiger partial charge < -0.3 is 9.84 Å². The van der Waals surface area contributed by atoms with Gasteiger partial charge in [-0.3, -0.25) is 4.55 Å². The van der Waals surface area contributed by atoms with Crippen molar-refractivity contribution < 1.29 is 31.6 Å². The lowest BCUT2D eigenvalue weighted by molar-refractivity contribution is -0.0498. The molecule has 0 aliphatic carbocycles. The fraction of sp³-hybridized carbons (Fsp3) is 0.400. The molecule has 8 heteroatoms. The normalized spacial score (nSPS) is 10.8. The lowest BCUT2D eigenvalue weighted by Gasteiger charge is -2.04. The molecule has 1 aromatic carbocycles. The summed E-state index contributed by atoms with van der Waals surface area (Å²) in [5.41, 5.74) is 0.893. The number of hydrogen-bond donors (Lipinski definition) is 2. The zero-order chi connectivity index (χ0) is 14.2. The molecule has 0 atom stereocenters. The number of rotatable bonds is 4. The lowest BCUT2D eigenvalue weighted by Crippen LogP contribution is -2.01. The predicted molar refractivity (Wildman–Crippen MR) is 61.3 cm³/mol. The van der Waals surface area contributed by atoms with Crippen molar-refractivity contribution >= 4 is 10.1 Å². The number of aliphatic hydroxyl groups is 1. The monoisotopic (exact) mass is 284 g/mol. The smallest absolute Gasteiger partial charge is 0.387 e. The number of ether oxygens (including phenoxy) is 1. The van der Waals surface area contributed by atoms with E-state index in [-0.39, 0.29) is 12.4 Å². The number of benzene rings is 1. The Balaban J connectivity index is 0.000000494. The van der Waals surface area contributed by atoms with Crippen molar-refractivity contribution in [2.45, 2.75) is 13.0 Å². The Morgan fingerprint density at radius 2 is 1.72 bits per heavy atom. The maximum Gasteiger partial charge on any atom is 0.387 e. The molecule has 0 saturated heterocycles. The van der Waals surface area contributed by atoms with Crippen LogP contribution in [0.3, 0.4) is 0 Å². The Labute approximate surface area is 104 Å². The fourth-order valence-corrected chi connectivity index (χ4v) is 0.967. The van der Waals surface area contributed by atoms with Crippen LogP contribution in [0.1, 0.15) is 5.56 Å². The van der Waals surface area contributed by atoms with E-state index < -0.39 is 16.7 Å². The molecule has 0 radical (unpaired) electrons. The van der Waals surface area contributed by atoms with Crippen LogP contribution in [0.15, 0.2) is 24.3 Å². The van der Waals surface area contributed by atoms with Gasteiger partial charge in [-0.25, -0.2) is 0 Å². The van der Waals surface area contributed by atoms with Crippen LogP contribution in [0.2, 0.25) is 0 Å². The molecule has 0 fully saturated rings. The van der Waals surface area contributed by atoms with E-state index in [9.17, 15) is 17.2 Å². The first-order chi connectivity index (χ1) is 8.22. The zero-order valence-electron chi connectivity index (χ0n) is 9.58. The SMILES string of the molecule is CS(=O)(=O)O.OCCc1ccc(OC(F)F)cc1. The summed E-state index contributed by atoms with van der Waals surface area (Å²) in [4.78, 5) is 0. The first kappa shape index (κ1) is 16.8. The second-order valence-corrected chi connectivity index (χ2v) is 4.70. The van der Waals surface area contributed by atoms with Crippen LogP contribution in [-0.2, 0) is 16.5 Å². The van der Waals surface area contributed by atoms with E-state index in [0.29, 0.717) is 12.7 Å². The molecule has 0 aliphatic heterocycles. The molecule has 1 aromatic rings. The Kier molecular flexibility index (Phi) is 7.41. The Bertz CT molecular complexity index is 422. The summed E-state index contributed by atoms with van der Waals surface area (Å²) in [5.74, 6) is 0.136. The van der Waals surface area contributed by atoms with Crippen molar-refractivity contribution in [3.05, 3.63) is 29.8 Å². The number of halogens is 2. The van der Waals surface area contributed by atoms with Crippen LogP contribution in [-0.4, -0.2) is 37.6 Å². The van der Waals surface area contributed by atoms with Gasteiger partial charge in [0.1, 0.15) is 5.75 Å². The van der Waals surface area contributed by atoms with E-state index in [1.807, 2.05) is 0 Å². The summed E-state index contributed by atoms with van der Waals surface area (Å²) < 4.78 is 53.4. The first-order valence-corrected chi connectivity index (χ1v) is 6.64. The van der Waals surface area contributed by atoms with Gasteiger partial charge in [-0.05, 0) is 24.1 Å². The maximum atomic E-state index is 11.7. The van der Waals surface area contributed by atoms with Crippen molar-refractivity contribution in [2.75, 3.05) is 12.9 Å². The zero-order valence-corrected chi connectivity index (χ0v) is 10.4. The average molecular weight is 284 g/mol. The molecule has 0 saturated carbocycles. The van der Waals surface area contributed by atoms with Gasteiger partial charge in [-0.1, -0.05) is 12.1 Å². The highest BCUT2D eigenvalue weighted by Gasteiger charge is 2.02. The topological polar surface area (TPSA) is 83.8 Å². The van der Waals surface area contributed by atoms with Crippen LogP contribution in [0.4, 0.5) is 8.78 Å². The van der Waals surface area contributed by atoms with E-state index in [1.54, 1.807) is 12.1 Å². The minimum Gasteiger partial charge on any atom is -0.435 e. The van der Waals surface area contributed by atoms with E-state index in [2.05, 4.69) is 4.74 Å². The van der Waals surface area contributed by atoms with Gasteiger partial charge >= 0.3 is 6.61 Å². The van der Waals surface area contributed by atoms with Crippen molar-refractivity contribution in [3.8, 4) is 5.75 Å². The molecule has 0 aliphatic rings. The Morgan fingerprint density at radius 3 is 2.06 bits per heavy atom. The summed E-state index contributed by atoms with van der Waals surface area (Å²) in [6, 6.07) is 6.20. The minimum atomic E-state index is -3.67. The molecule has 0 bridgehead atoms. The number of hydrogen-bond acceptors (Lipinski definition) is 4. The molecule has 0 amide bonds. The third-order valence-corrected chi connectivity index (χ3v) is 1.55. The molecule has 2 N–H and O–H groups in total.